The Labute approximate surface area is 161 Å². The number of nitrogens with one attached hydrogen (secondary N) is 1. The van der Waals surface area contributed by atoms with Gasteiger partial charge in [-0.3, -0.25) is 9.69 Å². The van der Waals surface area contributed by atoms with E-state index in [1.54, 1.807) is 13.2 Å². The van der Waals surface area contributed by atoms with Crippen molar-refractivity contribution in [2.75, 3.05) is 45.7 Å². The SMILES string of the molecule is COc1cccc(C(=O)NC[C@@H](c2ccc(N(C)C)cc2)N2CCCC2)c1. The average molecular weight is 367 g/mol. The summed E-state index contributed by atoms with van der Waals surface area (Å²) in [6.07, 6.45) is 2.44. The lowest BCUT2D eigenvalue weighted by atomic mass is 10.0. The molecule has 5 heteroatoms. The normalized spacial score (nSPS) is 15.4. The van der Waals surface area contributed by atoms with Gasteiger partial charge in [-0.15, -0.1) is 0 Å². The maximum Gasteiger partial charge on any atom is 0.251 e. The molecule has 2 aromatic rings. The second-order valence-electron chi connectivity index (χ2n) is 7.19. The predicted octanol–water partition coefficient (Wildman–Crippen LogP) is 3.33. The number of carbonyl (C=O) groups is 1. The van der Waals surface area contributed by atoms with Crippen LogP contribution in [0.4, 0.5) is 5.69 Å². The van der Waals surface area contributed by atoms with Crippen LogP contribution in [0, 0.1) is 0 Å². The summed E-state index contributed by atoms with van der Waals surface area (Å²) in [6, 6.07) is 16.1. The Morgan fingerprint density at radius 1 is 1.15 bits per heavy atom. The van der Waals surface area contributed by atoms with Gasteiger partial charge in [0.1, 0.15) is 5.75 Å². The molecule has 1 saturated heterocycles. The van der Waals surface area contributed by atoms with Gasteiger partial charge in [0.2, 0.25) is 0 Å². The number of hydrogen-bond donors (Lipinski definition) is 1. The number of amides is 1. The quantitative estimate of drug-likeness (QED) is 0.815. The van der Waals surface area contributed by atoms with E-state index in [2.05, 4.69) is 39.4 Å². The second-order valence-corrected chi connectivity index (χ2v) is 7.19. The number of hydrogen-bond acceptors (Lipinski definition) is 4. The minimum atomic E-state index is -0.0667. The van der Waals surface area contributed by atoms with Crippen molar-refractivity contribution in [3.63, 3.8) is 0 Å². The van der Waals surface area contributed by atoms with Crippen LogP contribution in [0.15, 0.2) is 48.5 Å². The lowest BCUT2D eigenvalue weighted by Gasteiger charge is -2.28. The Morgan fingerprint density at radius 2 is 1.85 bits per heavy atom. The largest absolute Gasteiger partial charge is 0.497 e. The monoisotopic (exact) mass is 367 g/mol. The summed E-state index contributed by atoms with van der Waals surface area (Å²) in [6.45, 7) is 2.75. The Kier molecular flexibility index (Phi) is 6.35. The van der Waals surface area contributed by atoms with Gasteiger partial charge in [0, 0.05) is 31.9 Å². The third-order valence-electron chi connectivity index (χ3n) is 5.16. The molecule has 1 heterocycles. The van der Waals surface area contributed by atoms with Crippen LogP contribution in [-0.4, -0.2) is 51.6 Å². The van der Waals surface area contributed by atoms with Gasteiger partial charge < -0.3 is 15.0 Å². The number of methoxy groups -OCH3 is 1. The highest BCUT2D eigenvalue weighted by atomic mass is 16.5. The third kappa shape index (κ3) is 4.80. The molecule has 3 rings (SSSR count). The van der Waals surface area contributed by atoms with Gasteiger partial charge in [-0.1, -0.05) is 18.2 Å². The van der Waals surface area contributed by atoms with Crippen LogP contribution in [0.25, 0.3) is 0 Å². The van der Waals surface area contributed by atoms with Crippen molar-refractivity contribution in [3.05, 3.63) is 59.7 Å². The fourth-order valence-corrected chi connectivity index (χ4v) is 3.56. The van der Waals surface area contributed by atoms with Gasteiger partial charge in [-0.2, -0.15) is 0 Å². The van der Waals surface area contributed by atoms with E-state index in [0.29, 0.717) is 17.9 Å². The summed E-state index contributed by atoms with van der Waals surface area (Å²) in [7, 11) is 5.69. The minimum absolute atomic E-state index is 0.0667. The Balaban J connectivity index is 1.72. The molecule has 27 heavy (non-hydrogen) atoms. The van der Waals surface area contributed by atoms with Crippen LogP contribution in [0.2, 0.25) is 0 Å². The topological polar surface area (TPSA) is 44.8 Å². The number of benzene rings is 2. The molecular formula is C22H29N3O2. The van der Waals surface area contributed by atoms with E-state index in [1.807, 2.05) is 32.3 Å². The molecule has 0 spiro atoms. The van der Waals surface area contributed by atoms with Crippen LogP contribution < -0.4 is 15.0 Å². The summed E-state index contributed by atoms with van der Waals surface area (Å²) < 4.78 is 5.22. The van der Waals surface area contributed by atoms with E-state index >= 15 is 0 Å². The van der Waals surface area contributed by atoms with E-state index < -0.39 is 0 Å². The molecule has 0 bridgehead atoms. The zero-order valence-corrected chi connectivity index (χ0v) is 16.4. The van der Waals surface area contributed by atoms with Crippen LogP contribution >= 0.6 is 0 Å². The number of anilines is 1. The van der Waals surface area contributed by atoms with Crippen molar-refractivity contribution in [1.29, 1.82) is 0 Å². The lowest BCUT2D eigenvalue weighted by Crippen LogP contribution is -2.36. The zero-order chi connectivity index (χ0) is 19.2. The Morgan fingerprint density at radius 3 is 2.48 bits per heavy atom. The Bertz CT molecular complexity index is 752. The van der Waals surface area contributed by atoms with Crippen LogP contribution in [0.5, 0.6) is 5.75 Å². The van der Waals surface area contributed by atoms with Crippen LogP contribution in [0.1, 0.15) is 34.8 Å². The lowest BCUT2D eigenvalue weighted by molar-refractivity contribution is 0.0937. The summed E-state index contributed by atoms with van der Waals surface area (Å²) >= 11 is 0. The maximum atomic E-state index is 12.6. The first-order valence-corrected chi connectivity index (χ1v) is 9.52. The highest BCUT2D eigenvalue weighted by Gasteiger charge is 2.24. The first-order chi connectivity index (χ1) is 13.1. The number of nitrogens with zero attached hydrogens (tertiary/aromatic N) is 2. The summed E-state index contributed by atoms with van der Waals surface area (Å²) in [5, 5.41) is 3.12. The van der Waals surface area contributed by atoms with Crippen molar-refractivity contribution in [3.8, 4) is 5.75 Å². The van der Waals surface area contributed by atoms with E-state index in [1.165, 1.54) is 24.1 Å². The Hall–Kier alpha value is -2.53. The molecule has 5 nitrogen and oxygen atoms in total. The van der Waals surface area contributed by atoms with Crippen molar-refractivity contribution in [2.24, 2.45) is 0 Å². The molecule has 1 fully saturated rings. The summed E-state index contributed by atoms with van der Waals surface area (Å²) in [4.78, 5) is 17.2. The molecular weight excluding hydrogens is 338 g/mol. The second kappa shape index (κ2) is 8.91. The molecule has 1 atom stereocenters. The highest BCUT2D eigenvalue weighted by molar-refractivity contribution is 5.94. The van der Waals surface area contributed by atoms with E-state index in [0.717, 1.165) is 13.1 Å². The molecule has 0 aliphatic carbocycles. The summed E-state index contributed by atoms with van der Waals surface area (Å²) in [5.74, 6) is 0.626. The number of likely N-dealkylation sites (tertiary alicyclic amines) is 1. The first kappa shape index (κ1) is 19.2. The molecule has 0 unspecified atom stereocenters. The van der Waals surface area contributed by atoms with Gasteiger partial charge in [-0.25, -0.2) is 0 Å². The average Bonchev–Trinajstić information content (AvgIpc) is 3.23. The summed E-state index contributed by atoms with van der Waals surface area (Å²) in [5.41, 5.74) is 3.05. The molecule has 0 aromatic heterocycles. The molecule has 1 aliphatic heterocycles. The van der Waals surface area contributed by atoms with Gasteiger partial charge in [-0.05, 0) is 61.8 Å². The van der Waals surface area contributed by atoms with E-state index in [9.17, 15) is 4.79 Å². The van der Waals surface area contributed by atoms with Crippen molar-refractivity contribution < 1.29 is 9.53 Å². The number of rotatable bonds is 7. The van der Waals surface area contributed by atoms with Gasteiger partial charge in [0.15, 0.2) is 0 Å². The van der Waals surface area contributed by atoms with Crippen molar-refractivity contribution in [1.82, 2.24) is 10.2 Å². The predicted molar refractivity (Wildman–Crippen MR) is 110 cm³/mol. The minimum Gasteiger partial charge on any atom is -0.497 e. The van der Waals surface area contributed by atoms with Crippen molar-refractivity contribution >= 4 is 11.6 Å². The first-order valence-electron chi connectivity index (χ1n) is 9.52. The van der Waals surface area contributed by atoms with Gasteiger partial charge in [0.05, 0.1) is 13.2 Å². The van der Waals surface area contributed by atoms with E-state index in [-0.39, 0.29) is 11.9 Å². The number of carbonyl (C=O) groups excluding carboxylic acids is 1. The maximum absolute atomic E-state index is 12.6. The van der Waals surface area contributed by atoms with Crippen LogP contribution in [0.3, 0.4) is 0 Å². The zero-order valence-electron chi connectivity index (χ0n) is 16.4. The third-order valence-corrected chi connectivity index (χ3v) is 5.16. The van der Waals surface area contributed by atoms with E-state index in [4.69, 9.17) is 4.74 Å². The van der Waals surface area contributed by atoms with Crippen LogP contribution in [-0.2, 0) is 0 Å². The highest BCUT2D eigenvalue weighted by Crippen LogP contribution is 2.26. The van der Waals surface area contributed by atoms with Crippen molar-refractivity contribution in [2.45, 2.75) is 18.9 Å². The smallest absolute Gasteiger partial charge is 0.251 e. The fourth-order valence-electron chi connectivity index (χ4n) is 3.56. The number of ether oxygens (including phenoxy) is 1. The molecule has 2 aromatic carbocycles. The molecule has 1 N–H and O–H groups in total. The molecule has 1 amide bonds. The molecule has 0 saturated carbocycles. The fraction of sp³-hybridized carbons (Fsp3) is 0.409. The van der Waals surface area contributed by atoms with Gasteiger partial charge >= 0.3 is 0 Å². The molecule has 0 radical (unpaired) electrons. The standard InChI is InChI=1S/C22H29N3O2/c1-24(2)19-11-9-17(10-12-19)21(25-13-4-5-14-25)16-23-22(26)18-7-6-8-20(15-18)27-3/h6-12,15,21H,4-5,13-14,16H2,1-3H3,(H,23,26)/t21-/m0/s1. The molecule has 1 aliphatic rings. The molecule has 144 valence electrons. The van der Waals surface area contributed by atoms with Gasteiger partial charge in [0.25, 0.3) is 5.91 Å².